The number of esters is 1. The Balaban J connectivity index is 1.49. The molecule has 3 aromatic carbocycles. The Kier molecular flexibility index (Phi) is 8.23. The van der Waals surface area contributed by atoms with E-state index in [-0.39, 0.29) is 0 Å². The van der Waals surface area contributed by atoms with Crippen LogP contribution in [0.5, 0.6) is 5.75 Å². The monoisotopic (exact) mass is 475 g/mol. The van der Waals surface area contributed by atoms with Crippen LogP contribution in [-0.4, -0.2) is 25.6 Å². The van der Waals surface area contributed by atoms with E-state index < -0.39 is 18.5 Å². The lowest BCUT2D eigenvalue weighted by Gasteiger charge is -2.11. The van der Waals surface area contributed by atoms with Crippen LogP contribution in [0.2, 0.25) is 10.0 Å². The van der Waals surface area contributed by atoms with Crippen molar-refractivity contribution >= 4 is 52.5 Å². The fourth-order valence-electron chi connectivity index (χ4n) is 2.61. The average molecular weight is 476 g/mol. The fraction of sp³-hybridized carbons (Fsp3) is 0.130. The highest BCUT2D eigenvalue weighted by atomic mass is 35.5. The summed E-state index contributed by atoms with van der Waals surface area (Å²) >= 11 is 13.5. The van der Waals surface area contributed by atoms with E-state index in [1.165, 1.54) is 7.11 Å². The van der Waals surface area contributed by atoms with Crippen LogP contribution >= 0.6 is 35.0 Å². The Morgan fingerprint density at radius 2 is 1.61 bits per heavy atom. The highest BCUT2D eigenvalue weighted by Crippen LogP contribution is 2.27. The van der Waals surface area contributed by atoms with Crippen molar-refractivity contribution in [2.24, 2.45) is 0 Å². The summed E-state index contributed by atoms with van der Waals surface area (Å²) in [4.78, 5) is 25.5. The van der Waals surface area contributed by atoms with Crippen LogP contribution in [-0.2, 0) is 15.3 Å². The number of carbonyl (C=O) groups is 2. The number of carbonyl (C=O) groups excluding carboxylic acids is 2. The van der Waals surface area contributed by atoms with E-state index in [1.807, 2.05) is 36.4 Å². The van der Waals surface area contributed by atoms with Crippen molar-refractivity contribution in [2.45, 2.75) is 10.6 Å². The Hall–Kier alpha value is -2.67. The quantitative estimate of drug-likeness (QED) is 0.315. The first-order valence-corrected chi connectivity index (χ1v) is 11.0. The van der Waals surface area contributed by atoms with E-state index in [4.69, 9.17) is 32.7 Å². The minimum absolute atomic E-state index is 0.369. The highest BCUT2D eigenvalue weighted by Gasteiger charge is 2.13. The number of halogens is 2. The molecule has 0 unspecified atom stereocenters. The van der Waals surface area contributed by atoms with Gasteiger partial charge in [0.05, 0.1) is 18.4 Å². The number of hydrogen-bond donors (Lipinski definition) is 1. The first-order valence-electron chi connectivity index (χ1n) is 9.22. The maximum atomic E-state index is 12.2. The topological polar surface area (TPSA) is 64.6 Å². The van der Waals surface area contributed by atoms with Gasteiger partial charge >= 0.3 is 5.97 Å². The summed E-state index contributed by atoms with van der Waals surface area (Å²) in [7, 11) is 1.48. The zero-order valence-corrected chi connectivity index (χ0v) is 18.9. The van der Waals surface area contributed by atoms with E-state index in [9.17, 15) is 9.59 Å². The maximum Gasteiger partial charge on any atom is 0.338 e. The molecule has 0 saturated carbocycles. The Bertz CT molecular complexity index is 1060. The predicted molar refractivity (Wildman–Crippen MR) is 124 cm³/mol. The van der Waals surface area contributed by atoms with Gasteiger partial charge in [-0.1, -0.05) is 35.3 Å². The van der Waals surface area contributed by atoms with Crippen LogP contribution in [0, 0.1) is 0 Å². The van der Waals surface area contributed by atoms with Crippen LogP contribution in [0.3, 0.4) is 0 Å². The Labute approximate surface area is 194 Å². The standard InChI is InChI=1S/C23H19Cl2NO4S/c1-29-21-11-8-18(25)12-20(21)26-22(27)13-30-23(28)16-4-2-15(3-5-16)14-31-19-9-6-17(24)7-10-19/h2-12H,13-14H2,1H3,(H,26,27). The molecular weight excluding hydrogens is 457 g/mol. The number of hydrogen-bond acceptors (Lipinski definition) is 5. The van der Waals surface area contributed by atoms with Crippen molar-refractivity contribution in [1.82, 2.24) is 0 Å². The van der Waals surface area contributed by atoms with Crippen molar-refractivity contribution in [3.63, 3.8) is 0 Å². The molecule has 3 aromatic rings. The third-order valence-electron chi connectivity index (χ3n) is 4.18. The summed E-state index contributed by atoms with van der Waals surface area (Å²) < 4.78 is 10.3. The summed E-state index contributed by atoms with van der Waals surface area (Å²) in [5.41, 5.74) is 1.83. The van der Waals surface area contributed by atoms with Crippen LogP contribution in [0.1, 0.15) is 15.9 Å². The van der Waals surface area contributed by atoms with E-state index >= 15 is 0 Å². The lowest BCUT2D eigenvalue weighted by atomic mass is 10.1. The molecule has 160 valence electrons. The van der Waals surface area contributed by atoms with Gasteiger partial charge in [0.25, 0.3) is 5.91 Å². The fourth-order valence-corrected chi connectivity index (χ4v) is 3.77. The number of ether oxygens (including phenoxy) is 2. The smallest absolute Gasteiger partial charge is 0.338 e. The third-order valence-corrected chi connectivity index (χ3v) is 5.75. The molecule has 31 heavy (non-hydrogen) atoms. The molecule has 0 bridgehead atoms. The van der Waals surface area contributed by atoms with Gasteiger partial charge in [-0.2, -0.15) is 0 Å². The molecule has 5 nitrogen and oxygen atoms in total. The zero-order valence-electron chi connectivity index (χ0n) is 16.6. The molecule has 0 aromatic heterocycles. The van der Waals surface area contributed by atoms with Gasteiger partial charge in [0.2, 0.25) is 0 Å². The van der Waals surface area contributed by atoms with E-state index in [2.05, 4.69) is 5.32 Å². The van der Waals surface area contributed by atoms with Gasteiger partial charge in [0.15, 0.2) is 6.61 Å². The largest absolute Gasteiger partial charge is 0.495 e. The van der Waals surface area contributed by atoms with Gasteiger partial charge < -0.3 is 14.8 Å². The molecule has 0 spiro atoms. The molecule has 1 amide bonds. The van der Waals surface area contributed by atoms with Gasteiger partial charge in [0.1, 0.15) is 5.75 Å². The Morgan fingerprint density at radius 1 is 0.935 bits per heavy atom. The summed E-state index contributed by atoms with van der Waals surface area (Å²) in [6.45, 7) is -0.428. The average Bonchev–Trinajstić information content (AvgIpc) is 2.77. The van der Waals surface area contributed by atoms with Gasteiger partial charge in [-0.25, -0.2) is 4.79 Å². The number of nitrogens with one attached hydrogen (secondary N) is 1. The highest BCUT2D eigenvalue weighted by molar-refractivity contribution is 7.98. The first-order chi connectivity index (χ1) is 14.9. The van der Waals surface area contributed by atoms with Crippen molar-refractivity contribution in [3.05, 3.63) is 87.9 Å². The first kappa shape index (κ1) is 23.0. The number of anilines is 1. The third kappa shape index (κ3) is 6.92. The molecule has 1 N–H and O–H groups in total. The van der Waals surface area contributed by atoms with Crippen LogP contribution in [0.25, 0.3) is 0 Å². The number of amides is 1. The number of rotatable bonds is 8. The van der Waals surface area contributed by atoms with Crippen molar-refractivity contribution in [3.8, 4) is 5.75 Å². The lowest BCUT2D eigenvalue weighted by molar-refractivity contribution is -0.119. The molecule has 0 aliphatic carbocycles. The lowest BCUT2D eigenvalue weighted by Crippen LogP contribution is -2.21. The second-order valence-electron chi connectivity index (χ2n) is 6.41. The molecule has 8 heteroatoms. The van der Waals surface area contributed by atoms with E-state index in [1.54, 1.807) is 42.1 Å². The maximum absolute atomic E-state index is 12.2. The van der Waals surface area contributed by atoms with E-state index in [0.717, 1.165) is 16.2 Å². The zero-order chi connectivity index (χ0) is 22.2. The van der Waals surface area contributed by atoms with Gasteiger partial charge in [0, 0.05) is 20.7 Å². The molecule has 0 saturated heterocycles. The number of benzene rings is 3. The summed E-state index contributed by atoms with van der Waals surface area (Å²) in [5, 5.41) is 3.77. The number of methoxy groups -OCH3 is 1. The van der Waals surface area contributed by atoms with Crippen LogP contribution < -0.4 is 10.1 Å². The minimum atomic E-state index is -0.579. The Morgan fingerprint density at radius 3 is 2.29 bits per heavy atom. The summed E-state index contributed by atoms with van der Waals surface area (Å²) in [6.07, 6.45) is 0. The summed E-state index contributed by atoms with van der Waals surface area (Å²) in [6, 6.07) is 19.5. The molecule has 0 fully saturated rings. The number of thioether (sulfide) groups is 1. The van der Waals surface area contributed by atoms with Gasteiger partial charge in [-0.3, -0.25) is 4.79 Å². The molecule has 0 heterocycles. The molecule has 0 atom stereocenters. The minimum Gasteiger partial charge on any atom is -0.495 e. The second kappa shape index (κ2) is 11.1. The van der Waals surface area contributed by atoms with E-state index in [0.29, 0.717) is 27.0 Å². The molecule has 0 aliphatic rings. The summed E-state index contributed by atoms with van der Waals surface area (Å²) in [5.74, 6) is 0.132. The predicted octanol–water partition coefficient (Wildman–Crippen LogP) is 6.09. The normalized spacial score (nSPS) is 10.4. The van der Waals surface area contributed by atoms with Crippen LogP contribution in [0.4, 0.5) is 5.69 Å². The molecule has 0 radical (unpaired) electrons. The SMILES string of the molecule is COc1ccc(Cl)cc1NC(=O)COC(=O)c1ccc(CSc2ccc(Cl)cc2)cc1. The molecule has 3 rings (SSSR count). The second-order valence-corrected chi connectivity index (χ2v) is 8.33. The van der Waals surface area contributed by atoms with Gasteiger partial charge in [-0.15, -0.1) is 11.8 Å². The van der Waals surface area contributed by atoms with Gasteiger partial charge in [-0.05, 0) is 60.2 Å². The van der Waals surface area contributed by atoms with Crippen LogP contribution in [0.15, 0.2) is 71.6 Å². The molecular formula is C23H19Cl2NO4S. The molecule has 0 aliphatic heterocycles. The van der Waals surface area contributed by atoms with Crippen molar-refractivity contribution < 1.29 is 19.1 Å². The van der Waals surface area contributed by atoms with Crippen molar-refractivity contribution in [2.75, 3.05) is 19.0 Å². The van der Waals surface area contributed by atoms with Crippen molar-refractivity contribution in [1.29, 1.82) is 0 Å².